The van der Waals surface area contributed by atoms with Gasteiger partial charge in [-0.15, -0.1) is 0 Å². The molecule has 2 aliphatic rings. The van der Waals surface area contributed by atoms with Gasteiger partial charge < -0.3 is 10.2 Å². The van der Waals surface area contributed by atoms with Crippen molar-refractivity contribution in [2.24, 2.45) is 0 Å². The number of imide groups is 2. The van der Waals surface area contributed by atoms with Crippen molar-refractivity contribution in [2.45, 2.75) is 119 Å². The summed E-state index contributed by atoms with van der Waals surface area (Å²) in [6.07, 6.45) is 13.2. The van der Waals surface area contributed by atoms with Crippen LogP contribution in [0.25, 0.3) is 0 Å². The van der Waals surface area contributed by atoms with Gasteiger partial charge >= 0.3 is 0 Å². The molecule has 4 amide bonds. The molecule has 0 saturated carbocycles. The van der Waals surface area contributed by atoms with E-state index in [1.54, 1.807) is 13.8 Å². The molecule has 2 aliphatic heterocycles. The second-order valence-corrected chi connectivity index (χ2v) is 10.3. The van der Waals surface area contributed by atoms with Crippen LogP contribution in [0.4, 0.5) is 0 Å². The quantitative estimate of drug-likeness (QED) is 0.185. The van der Waals surface area contributed by atoms with Crippen molar-refractivity contribution in [1.29, 1.82) is 0 Å². The number of aliphatic hydroxyl groups excluding tert-OH is 2. The van der Waals surface area contributed by atoms with E-state index in [0.29, 0.717) is 12.8 Å². The third-order valence-electron chi connectivity index (χ3n) is 7.02. The highest BCUT2D eigenvalue weighted by molar-refractivity contribution is 6.26. The number of amides is 4. The molecule has 0 saturated heterocycles. The zero-order valence-corrected chi connectivity index (χ0v) is 25.9. The summed E-state index contributed by atoms with van der Waals surface area (Å²) in [6, 6.07) is 0. The molecule has 0 unspecified atom stereocenters. The van der Waals surface area contributed by atoms with Crippen LogP contribution in [-0.4, -0.2) is 55.2 Å². The van der Waals surface area contributed by atoms with Gasteiger partial charge in [-0.25, -0.2) is 9.80 Å². The number of unbranched alkanes of at least 4 members (excludes halogenated alkanes) is 8. The number of ketones is 2. The topological polar surface area (TPSA) is 149 Å². The molecule has 0 aromatic carbocycles. The van der Waals surface area contributed by atoms with Crippen molar-refractivity contribution in [1.82, 2.24) is 9.80 Å². The number of hydrogen-bond donors (Lipinski definition) is 2. The van der Waals surface area contributed by atoms with Gasteiger partial charge in [0.25, 0.3) is 11.8 Å². The molecule has 0 radical (unpaired) electrons. The molecule has 0 aromatic rings. The number of hydrogen-bond acceptors (Lipinski definition) is 8. The fourth-order valence-electron chi connectivity index (χ4n) is 4.80. The first kappa shape index (κ1) is 36.2. The van der Waals surface area contributed by atoms with Gasteiger partial charge in [-0.1, -0.05) is 77.4 Å². The Labute approximate surface area is 248 Å². The molecule has 0 spiro atoms. The summed E-state index contributed by atoms with van der Waals surface area (Å²) in [5.74, 6) is -3.99. The number of rotatable bonds is 14. The van der Waals surface area contributed by atoms with Crippen molar-refractivity contribution >= 4 is 35.2 Å². The van der Waals surface area contributed by atoms with Crippen LogP contribution in [0.2, 0.25) is 0 Å². The first-order valence-corrected chi connectivity index (χ1v) is 14.9. The van der Waals surface area contributed by atoms with E-state index in [1.165, 1.54) is 26.0 Å². The fraction of sp³-hybridized carbons (Fsp3) is 0.562. The highest BCUT2D eigenvalue weighted by atomic mass is 16.3. The van der Waals surface area contributed by atoms with E-state index in [0.717, 1.165) is 61.2 Å². The maximum absolute atomic E-state index is 12.1. The van der Waals surface area contributed by atoms with E-state index in [4.69, 9.17) is 0 Å². The molecule has 2 rings (SSSR count). The van der Waals surface area contributed by atoms with Crippen LogP contribution in [0.5, 0.6) is 0 Å². The lowest BCUT2D eigenvalue weighted by Gasteiger charge is -2.13. The zero-order valence-electron chi connectivity index (χ0n) is 25.9. The van der Waals surface area contributed by atoms with Crippen LogP contribution in [0.1, 0.15) is 119 Å². The van der Waals surface area contributed by atoms with E-state index < -0.39 is 35.2 Å². The molecule has 0 fully saturated rings. The second-order valence-electron chi connectivity index (χ2n) is 10.3. The van der Waals surface area contributed by atoms with Gasteiger partial charge in [-0.05, 0) is 26.7 Å². The minimum Gasteiger partial charge on any atom is -0.505 e. The molecule has 10 heteroatoms. The molecule has 2 heterocycles. The van der Waals surface area contributed by atoms with Gasteiger partial charge in [0.1, 0.15) is 11.1 Å². The number of carbonyl (C=O) groups is 6. The Bertz CT molecular complexity index is 1100. The smallest absolute Gasteiger partial charge is 0.272 e. The van der Waals surface area contributed by atoms with Gasteiger partial charge in [0.05, 0.1) is 11.4 Å². The van der Waals surface area contributed by atoms with Gasteiger partial charge in [0.15, 0.2) is 23.1 Å². The Morgan fingerprint density at radius 2 is 0.905 bits per heavy atom. The minimum absolute atomic E-state index is 0.0989. The van der Waals surface area contributed by atoms with E-state index >= 15 is 0 Å². The SMILES string of the molecule is CC=C1C(O)=C(C(=O)CCCCCCC)C(=O)N1C(C)=O.CC=C1C(O)=C(C(=O)CCCCCCC)C(=O)N1C(C)=O. The van der Waals surface area contributed by atoms with E-state index in [-0.39, 0.29) is 46.9 Å². The fourth-order valence-corrected chi connectivity index (χ4v) is 4.80. The molecular weight excluding hydrogens is 540 g/mol. The average molecular weight is 587 g/mol. The molecule has 232 valence electrons. The number of nitrogens with zero attached hydrogens (tertiary/aromatic N) is 2. The Kier molecular flexibility index (Phi) is 15.4. The monoisotopic (exact) mass is 586 g/mol. The van der Waals surface area contributed by atoms with Gasteiger partial charge in [-0.2, -0.15) is 0 Å². The molecule has 0 aliphatic carbocycles. The molecule has 42 heavy (non-hydrogen) atoms. The summed E-state index contributed by atoms with van der Waals surface area (Å²) in [5.41, 5.74) is -0.314. The summed E-state index contributed by atoms with van der Waals surface area (Å²) < 4.78 is 0. The van der Waals surface area contributed by atoms with Crippen molar-refractivity contribution in [3.63, 3.8) is 0 Å². The lowest BCUT2D eigenvalue weighted by Crippen LogP contribution is -2.31. The highest BCUT2D eigenvalue weighted by Crippen LogP contribution is 2.30. The summed E-state index contributed by atoms with van der Waals surface area (Å²) >= 11 is 0. The Hall–Kier alpha value is -3.82. The first-order chi connectivity index (χ1) is 19.9. The maximum Gasteiger partial charge on any atom is 0.272 e. The van der Waals surface area contributed by atoms with Gasteiger partial charge in [-0.3, -0.25) is 28.8 Å². The summed E-state index contributed by atoms with van der Waals surface area (Å²) in [5, 5.41) is 20.1. The predicted molar refractivity (Wildman–Crippen MR) is 159 cm³/mol. The second kappa shape index (κ2) is 17.9. The van der Waals surface area contributed by atoms with E-state index in [2.05, 4.69) is 13.8 Å². The molecule has 2 N–H and O–H groups in total. The number of allylic oxidation sites excluding steroid dienone is 2. The lowest BCUT2D eigenvalue weighted by atomic mass is 10.0. The number of carbonyl (C=O) groups excluding carboxylic acids is 6. The Balaban J connectivity index is 0.000000420. The van der Waals surface area contributed by atoms with Crippen molar-refractivity contribution in [3.05, 3.63) is 46.2 Å². The van der Waals surface area contributed by atoms with Crippen LogP contribution >= 0.6 is 0 Å². The maximum atomic E-state index is 12.1. The van der Waals surface area contributed by atoms with Crippen LogP contribution in [-0.2, 0) is 28.8 Å². The van der Waals surface area contributed by atoms with Gasteiger partial charge in [0.2, 0.25) is 11.8 Å². The van der Waals surface area contributed by atoms with Crippen LogP contribution < -0.4 is 0 Å². The van der Waals surface area contributed by atoms with Crippen LogP contribution in [0, 0.1) is 0 Å². The first-order valence-electron chi connectivity index (χ1n) is 14.9. The van der Waals surface area contributed by atoms with Crippen molar-refractivity contribution < 1.29 is 39.0 Å². The standard InChI is InChI=1S/2C16H23NO4/c2*1-4-6-7-8-9-10-13(19)14-15(20)12(5-2)17(11(3)18)16(14)21/h2*5,20H,4,6-10H2,1-3H3. The molecule has 0 aromatic heterocycles. The minimum atomic E-state index is -0.716. The van der Waals surface area contributed by atoms with E-state index in [9.17, 15) is 39.0 Å². The number of aliphatic hydroxyl groups is 2. The highest BCUT2D eigenvalue weighted by Gasteiger charge is 2.41. The predicted octanol–water partition coefficient (Wildman–Crippen LogP) is 6.04. The van der Waals surface area contributed by atoms with Gasteiger partial charge in [0, 0.05) is 26.7 Å². The summed E-state index contributed by atoms with van der Waals surface area (Å²) in [6.45, 7) is 9.89. The molecule has 10 nitrogen and oxygen atoms in total. The molecule has 0 bridgehead atoms. The number of Topliss-reactive ketones (excluding diaryl/α,β-unsaturated/α-hetero) is 2. The van der Waals surface area contributed by atoms with E-state index in [1.807, 2.05) is 0 Å². The van der Waals surface area contributed by atoms with Crippen LogP contribution in [0.15, 0.2) is 46.2 Å². The third kappa shape index (κ3) is 9.09. The molecular formula is C32H46N2O8. The molecule has 0 atom stereocenters. The largest absolute Gasteiger partial charge is 0.505 e. The Morgan fingerprint density at radius 1 is 0.595 bits per heavy atom. The summed E-state index contributed by atoms with van der Waals surface area (Å²) in [4.78, 5) is 73.2. The third-order valence-corrected chi connectivity index (χ3v) is 7.02. The zero-order chi connectivity index (χ0) is 32.0. The average Bonchev–Trinajstić information content (AvgIpc) is 3.35. The Morgan fingerprint density at radius 3 is 1.14 bits per heavy atom. The normalized spacial score (nSPS) is 17.0. The summed E-state index contributed by atoms with van der Waals surface area (Å²) in [7, 11) is 0. The van der Waals surface area contributed by atoms with Crippen molar-refractivity contribution in [2.75, 3.05) is 0 Å². The lowest BCUT2D eigenvalue weighted by molar-refractivity contribution is -0.140. The van der Waals surface area contributed by atoms with Crippen LogP contribution in [0.3, 0.4) is 0 Å². The van der Waals surface area contributed by atoms with Crippen molar-refractivity contribution in [3.8, 4) is 0 Å².